The molecule has 0 amide bonds. The summed E-state index contributed by atoms with van der Waals surface area (Å²) >= 11 is 3.75. The largest absolute Gasteiger partial charge is 0.373 e. The highest BCUT2D eigenvalue weighted by Gasteiger charge is 2.63. The van der Waals surface area contributed by atoms with Crippen LogP contribution in [0.2, 0.25) is 0 Å². The first-order valence-corrected chi connectivity index (χ1v) is 8.40. The predicted molar refractivity (Wildman–Crippen MR) is 76.6 cm³/mol. The van der Waals surface area contributed by atoms with E-state index in [2.05, 4.69) is 36.7 Å². The lowest BCUT2D eigenvalue weighted by Crippen LogP contribution is -2.53. The second-order valence-corrected chi connectivity index (χ2v) is 7.07. The van der Waals surface area contributed by atoms with Crippen molar-refractivity contribution in [2.45, 2.75) is 64.9 Å². The summed E-state index contributed by atoms with van der Waals surface area (Å²) in [6, 6.07) is 0. The topological polar surface area (TPSA) is 9.23 Å². The normalized spacial score (nSPS) is 38.8. The van der Waals surface area contributed by atoms with Gasteiger partial charge in [-0.2, -0.15) is 0 Å². The monoisotopic (exact) mass is 302 g/mol. The van der Waals surface area contributed by atoms with Gasteiger partial charge in [0.2, 0.25) is 0 Å². The Hall–Kier alpha value is 0.440. The molecular weight excluding hydrogens is 276 g/mol. The molecule has 2 heteroatoms. The first-order valence-electron chi connectivity index (χ1n) is 7.28. The van der Waals surface area contributed by atoms with Crippen LogP contribution < -0.4 is 0 Å². The number of hydrogen-bond acceptors (Lipinski definition) is 1. The molecule has 2 aliphatic rings. The summed E-state index contributed by atoms with van der Waals surface area (Å²) in [6.07, 6.45) is 8.00. The number of hydrogen-bond donors (Lipinski definition) is 0. The Balaban J connectivity index is 2.03. The Bertz CT molecular complexity index is 264. The first-order chi connectivity index (χ1) is 8.08. The van der Waals surface area contributed by atoms with Crippen LogP contribution in [0.4, 0.5) is 0 Å². The summed E-state index contributed by atoms with van der Waals surface area (Å²) in [5.41, 5.74) is 0.468. The van der Waals surface area contributed by atoms with Gasteiger partial charge in [0.1, 0.15) is 0 Å². The molecule has 2 saturated carbocycles. The Morgan fingerprint density at radius 1 is 1.18 bits per heavy atom. The van der Waals surface area contributed by atoms with E-state index in [9.17, 15) is 0 Å². The van der Waals surface area contributed by atoms with E-state index in [0.717, 1.165) is 23.8 Å². The summed E-state index contributed by atoms with van der Waals surface area (Å²) in [6.45, 7) is 8.06. The smallest absolute Gasteiger partial charge is 0.0860 e. The fraction of sp³-hybridized carbons (Fsp3) is 1.00. The molecule has 3 unspecified atom stereocenters. The van der Waals surface area contributed by atoms with Crippen LogP contribution in [0.3, 0.4) is 0 Å². The molecule has 2 bridgehead atoms. The van der Waals surface area contributed by atoms with E-state index in [1.165, 1.54) is 38.5 Å². The fourth-order valence-corrected chi connectivity index (χ4v) is 5.50. The lowest BCUT2D eigenvalue weighted by Gasteiger charge is -2.48. The Morgan fingerprint density at radius 3 is 2.41 bits per heavy atom. The van der Waals surface area contributed by atoms with Crippen LogP contribution in [0.5, 0.6) is 0 Å². The molecule has 2 rings (SSSR count). The van der Waals surface area contributed by atoms with Crippen molar-refractivity contribution in [1.29, 1.82) is 0 Å². The molecule has 0 radical (unpaired) electrons. The van der Waals surface area contributed by atoms with Crippen molar-refractivity contribution >= 4 is 15.9 Å². The maximum atomic E-state index is 6.44. The molecule has 0 aromatic heterocycles. The molecule has 0 aliphatic heterocycles. The van der Waals surface area contributed by atoms with Gasteiger partial charge in [-0.3, -0.25) is 0 Å². The minimum atomic E-state index is 0.115. The van der Waals surface area contributed by atoms with Crippen molar-refractivity contribution in [1.82, 2.24) is 0 Å². The Kier molecular flexibility index (Phi) is 4.24. The third-order valence-electron chi connectivity index (χ3n) is 5.51. The van der Waals surface area contributed by atoms with Crippen molar-refractivity contribution in [2.24, 2.45) is 17.3 Å². The molecule has 0 N–H and O–H groups in total. The molecule has 100 valence electrons. The van der Waals surface area contributed by atoms with Gasteiger partial charge in [-0.1, -0.05) is 49.5 Å². The standard InChI is InChI=1S/C15H27BrO/c1-4-5-6-9-17-15(11-16)13-8-7-12(10-13)14(15,2)3/h12-13H,4-11H2,1-3H3. The molecule has 0 saturated heterocycles. The molecule has 2 fully saturated rings. The van der Waals surface area contributed by atoms with E-state index < -0.39 is 0 Å². The number of ether oxygens (including phenoxy) is 1. The molecular formula is C15H27BrO. The number of unbranched alkanes of at least 4 members (excludes halogenated alkanes) is 2. The van der Waals surface area contributed by atoms with Crippen LogP contribution in [0.25, 0.3) is 0 Å². The van der Waals surface area contributed by atoms with Gasteiger partial charge in [0.25, 0.3) is 0 Å². The van der Waals surface area contributed by atoms with Crippen LogP contribution in [-0.4, -0.2) is 17.5 Å². The van der Waals surface area contributed by atoms with Crippen molar-refractivity contribution in [3.8, 4) is 0 Å². The molecule has 0 heterocycles. The van der Waals surface area contributed by atoms with Crippen molar-refractivity contribution in [3.05, 3.63) is 0 Å². The summed E-state index contributed by atoms with van der Waals surface area (Å²) in [5, 5.41) is 1.01. The van der Waals surface area contributed by atoms with Crippen LogP contribution >= 0.6 is 15.9 Å². The van der Waals surface area contributed by atoms with Crippen LogP contribution in [0, 0.1) is 17.3 Å². The highest BCUT2D eigenvalue weighted by Crippen LogP contribution is 2.63. The molecule has 3 atom stereocenters. The summed E-state index contributed by atoms with van der Waals surface area (Å²) < 4.78 is 6.44. The molecule has 17 heavy (non-hydrogen) atoms. The summed E-state index contributed by atoms with van der Waals surface area (Å²) in [5.74, 6) is 1.68. The zero-order valence-corrected chi connectivity index (χ0v) is 13.2. The van der Waals surface area contributed by atoms with Gasteiger partial charge in [-0.05, 0) is 42.9 Å². The van der Waals surface area contributed by atoms with E-state index in [1.807, 2.05) is 0 Å². The molecule has 1 nitrogen and oxygen atoms in total. The average molecular weight is 303 g/mol. The maximum Gasteiger partial charge on any atom is 0.0860 e. The minimum Gasteiger partial charge on any atom is -0.373 e. The van der Waals surface area contributed by atoms with E-state index in [-0.39, 0.29) is 5.60 Å². The predicted octanol–water partition coefficient (Wildman–Crippen LogP) is 4.78. The van der Waals surface area contributed by atoms with Crippen molar-refractivity contribution in [3.63, 3.8) is 0 Å². The molecule has 0 aromatic carbocycles. The van der Waals surface area contributed by atoms with E-state index >= 15 is 0 Å². The number of fused-ring (bicyclic) bond motifs is 2. The quantitative estimate of drug-likeness (QED) is 0.507. The number of halogens is 1. The van der Waals surface area contributed by atoms with E-state index in [1.54, 1.807) is 0 Å². The van der Waals surface area contributed by atoms with Crippen molar-refractivity contribution < 1.29 is 4.74 Å². The zero-order valence-electron chi connectivity index (χ0n) is 11.6. The average Bonchev–Trinajstić information content (AvgIpc) is 2.85. The zero-order chi connectivity index (χ0) is 12.5. The number of rotatable bonds is 6. The minimum absolute atomic E-state index is 0.115. The lowest BCUT2D eigenvalue weighted by molar-refractivity contribution is -0.137. The van der Waals surface area contributed by atoms with Crippen LogP contribution in [0.1, 0.15) is 59.3 Å². The Morgan fingerprint density at radius 2 is 1.88 bits per heavy atom. The summed E-state index contributed by atoms with van der Waals surface area (Å²) in [7, 11) is 0. The van der Waals surface area contributed by atoms with Crippen LogP contribution in [-0.2, 0) is 4.74 Å². The highest BCUT2D eigenvalue weighted by molar-refractivity contribution is 9.09. The van der Waals surface area contributed by atoms with Crippen molar-refractivity contribution in [2.75, 3.05) is 11.9 Å². The SMILES string of the molecule is CCCCCOC1(CBr)C2CCC(C2)C1(C)C. The highest BCUT2D eigenvalue weighted by atomic mass is 79.9. The van der Waals surface area contributed by atoms with Gasteiger partial charge in [0.05, 0.1) is 5.60 Å². The van der Waals surface area contributed by atoms with Gasteiger partial charge >= 0.3 is 0 Å². The third-order valence-corrected chi connectivity index (χ3v) is 6.34. The van der Waals surface area contributed by atoms with Crippen LogP contribution in [0.15, 0.2) is 0 Å². The van der Waals surface area contributed by atoms with Gasteiger partial charge in [-0.15, -0.1) is 0 Å². The molecule has 0 spiro atoms. The molecule has 0 aromatic rings. The lowest BCUT2D eigenvalue weighted by atomic mass is 9.66. The van der Waals surface area contributed by atoms with Gasteiger partial charge < -0.3 is 4.74 Å². The van der Waals surface area contributed by atoms with Gasteiger partial charge in [0, 0.05) is 11.9 Å². The fourth-order valence-electron chi connectivity index (χ4n) is 4.16. The van der Waals surface area contributed by atoms with E-state index in [0.29, 0.717) is 5.41 Å². The molecule has 2 aliphatic carbocycles. The van der Waals surface area contributed by atoms with Gasteiger partial charge in [0.15, 0.2) is 0 Å². The maximum absolute atomic E-state index is 6.44. The first kappa shape index (κ1) is 13.9. The second kappa shape index (κ2) is 5.21. The number of alkyl halides is 1. The second-order valence-electron chi connectivity index (χ2n) is 6.51. The summed E-state index contributed by atoms with van der Waals surface area (Å²) in [4.78, 5) is 0. The van der Waals surface area contributed by atoms with E-state index in [4.69, 9.17) is 4.74 Å². The third kappa shape index (κ3) is 2.10. The van der Waals surface area contributed by atoms with Gasteiger partial charge in [-0.25, -0.2) is 0 Å². The Labute approximate surface area is 115 Å².